The zero-order valence-electron chi connectivity index (χ0n) is 25.0. The molecule has 3 aromatic heterocycles. The van der Waals surface area contributed by atoms with Crippen LogP contribution in [0.5, 0.6) is 0 Å². The van der Waals surface area contributed by atoms with Gasteiger partial charge in [0.25, 0.3) is 11.8 Å². The maximum Gasteiger partial charge on any atom is 0.289 e. The van der Waals surface area contributed by atoms with Crippen molar-refractivity contribution in [3.63, 3.8) is 0 Å². The molecule has 0 spiro atoms. The zero-order chi connectivity index (χ0) is 30.3. The van der Waals surface area contributed by atoms with E-state index in [2.05, 4.69) is 58.0 Å². The summed E-state index contributed by atoms with van der Waals surface area (Å²) in [6.45, 7) is 6.38. The van der Waals surface area contributed by atoms with Crippen LogP contribution < -0.4 is 0 Å². The molecule has 1 saturated heterocycles. The second-order valence-corrected chi connectivity index (χ2v) is 11.1. The van der Waals surface area contributed by atoms with Gasteiger partial charge in [-0.1, -0.05) is 67.6 Å². The van der Waals surface area contributed by atoms with Crippen molar-refractivity contribution in [3.05, 3.63) is 144 Å². The summed E-state index contributed by atoms with van der Waals surface area (Å²) in [5.41, 5.74) is 3.48. The molecule has 0 aliphatic carbocycles. The van der Waals surface area contributed by atoms with Gasteiger partial charge in [-0.25, -0.2) is 0 Å². The topological polar surface area (TPSA) is 75.1 Å². The lowest BCUT2D eigenvalue weighted by Crippen LogP contribution is -2.49. The van der Waals surface area contributed by atoms with Gasteiger partial charge in [-0.3, -0.25) is 14.5 Å². The fraction of sp³-hybridized carbons (Fsp3) is 0.278. The summed E-state index contributed by atoms with van der Waals surface area (Å²) in [7, 11) is 0. The quantitative estimate of drug-likeness (QED) is 0.180. The van der Waals surface area contributed by atoms with Gasteiger partial charge in [-0.2, -0.15) is 0 Å². The molecule has 0 radical (unpaired) electrons. The highest BCUT2D eigenvalue weighted by molar-refractivity contribution is 5.92. The fourth-order valence-corrected chi connectivity index (χ4v) is 5.99. The molecule has 5 aromatic rings. The summed E-state index contributed by atoms with van der Waals surface area (Å²) in [5, 5.41) is 0. The smallest absolute Gasteiger partial charge is 0.289 e. The maximum absolute atomic E-state index is 13.5. The van der Waals surface area contributed by atoms with E-state index in [1.54, 1.807) is 23.1 Å². The van der Waals surface area contributed by atoms with E-state index >= 15 is 0 Å². The Labute approximate surface area is 258 Å². The van der Waals surface area contributed by atoms with Crippen molar-refractivity contribution >= 4 is 11.8 Å². The van der Waals surface area contributed by atoms with Gasteiger partial charge in [0.1, 0.15) is 5.76 Å². The average molecular weight is 591 g/mol. The molecule has 2 aromatic carbocycles. The molecule has 8 nitrogen and oxygen atoms in total. The first-order valence-electron chi connectivity index (χ1n) is 15.3. The lowest BCUT2D eigenvalue weighted by atomic mass is 9.96. The summed E-state index contributed by atoms with van der Waals surface area (Å²) >= 11 is 0. The number of aromatic nitrogens is 1. The highest BCUT2D eigenvalue weighted by Gasteiger charge is 2.29. The molecule has 1 aliphatic heterocycles. The van der Waals surface area contributed by atoms with Crippen LogP contribution in [-0.4, -0.2) is 63.8 Å². The first-order valence-corrected chi connectivity index (χ1v) is 15.3. The maximum atomic E-state index is 13.5. The summed E-state index contributed by atoms with van der Waals surface area (Å²) in [5.74, 6) is 1.16. The number of nitrogens with zero attached hydrogens (tertiary/aromatic N) is 4. The number of furan rings is 2. The summed E-state index contributed by atoms with van der Waals surface area (Å²) in [4.78, 5) is 32.6. The molecule has 2 amide bonds. The Morgan fingerprint density at radius 1 is 0.795 bits per heavy atom. The number of rotatable bonds is 11. The van der Waals surface area contributed by atoms with Crippen LogP contribution in [0.1, 0.15) is 63.1 Å². The van der Waals surface area contributed by atoms with Crippen molar-refractivity contribution in [2.75, 3.05) is 32.7 Å². The van der Waals surface area contributed by atoms with E-state index in [9.17, 15) is 9.59 Å². The van der Waals surface area contributed by atoms with E-state index in [-0.39, 0.29) is 17.9 Å². The van der Waals surface area contributed by atoms with Crippen molar-refractivity contribution < 1.29 is 18.4 Å². The number of piperazine rings is 1. The highest BCUT2D eigenvalue weighted by Crippen LogP contribution is 2.30. The van der Waals surface area contributed by atoms with Gasteiger partial charge >= 0.3 is 0 Å². The number of hydrogen-bond donors (Lipinski definition) is 0. The first-order chi connectivity index (χ1) is 21.6. The van der Waals surface area contributed by atoms with Gasteiger partial charge in [-0.05, 0) is 53.9 Å². The fourth-order valence-electron chi connectivity index (χ4n) is 5.99. The van der Waals surface area contributed by atoms with E-state index in [4.69, 9.17) is 8.83 Å². The molecule has 1 fully saturated rings. The van der Waals surface area contributed by atoms with Gasteiger partial charge in [0.05, 0.1) is 25.4 Å². The third kappa shape index (κ3) is 6.55. The Morgan fingerprint density at radius 2 is 1.50 bits per heavy atom. The van der Waals surface area contributed by atoms with Gasteiger partial charge in [0.2, 0.25) is 0 Å². The molecule has 0 bridgehead atoms. The van der Waals surface area contributed by atoms with Gasteiger partial charge in [-0.15, -0.1) is 0 Å². The molecule has 6 rings (SSSR count). The monoisotopic (exact) mass is 590 g/mol. The van der Waals surface area contributed by atoms with E-state index in [0.29, 0.717) is 50.0 Å². The average Bonchev–Trinajstić information content (AvgIpc) is 3.86. The van der Waals surface area contributed by atoms with Crippen LogP contribution in [0, 0.1) is 0 Å². The lowest BCUT2D eigenvalue weighted by molar-refractivity contribution is 0.0565. The molecular formula is C36H38N4O4. The van der Waals surface area contributed by atoms with Crippen molar-refractivity contribution in [1.82, 2.24) is 19.3 Å². The van der Waals surface area contributed by atoms with Crippen molar-refractivity contribution in [2.45, 2.75) is 32.5 Å². The van der Waals surface area contributed by atoms with Crippen molar-refractivity contribution in [2.24, 2.45) is 0 Å². The molecule has 0 saturated carbocycles. The van der Waals surface area contributed by atoms with E-state index < -0.39 is 0 Å². The number of carbonyl (C=O) groups excluding carboxylic acids is 2. The molecule has 8 heteroatoms. The summed E-state index contributed by atoms with van der Waals surface area (Å²) < 4.78 is 13.5. The molecule has 4 heterocycles. The Balaban J connectivity index is 1.09. The minimum atomic E-state index is -0.130. The normalized spacial score (nSPS) is 13.8. The number of hydrogen-bond acceptors (Lipinski definition) is 5. The standard InChI is InChI=1S/C36H38N4O4/c1-2-19-40(35(41)32-16-10-25-43-32)26-30-15-9-20-39(30)27-31-17-18-33(44-31)36(42)38-23-21-37(22-24-38)34(28-11-5-3-6-12-28)29-13-7-4-8-14-29/h3-18,20,25,34H,2,19,21-24,26-27H2,1H3. The van der Waals surface area contributed by atoms with E-state index in [0.717, 1.165) is 25.2 Å². The van der Waals surface area contributed by atoms with Gasteiger partial charge in [0, 0.05) is 44.6 Å². The van der Waals surface area contributed by atoms with Crippen LogP contribution in [0.3, 0.4) is 0 Å². The zero-order valence-corrected chi connectivity index (χ0v) is 25.0. The Kier molecular flexibility index (Phi) is 9.08. The SMILES string of the molecule is CCCN(Cc1cccn1Cc1ccc(C(=O)N2CCN(C(c3ccccc3)c3ccccc3)CC2)o1)C(=O)c1ccco1. The van der Waals surface area contributed by atoms with E-state index in [1.807, 2.05) is 48.4 Å². The summed E-state index contributed by atoms with van der Waals surface area (Å²) in [6, 6.07) is 32.3. The minimum Gasteiger partial charge on any atom is -0.459 e. The second-order valence-electron chi connectivity index (χ2n) is 11.1. The molecular weight excluding hydrogens is 552 g/mol. The van der Waals surface area contributed by atoms with Crippen LogP contribution in [0.4, 0.5) is 0 Å². The van der Waals surface area contributed by atoms with Crippen LogP contribution in [0.15, 0.2) is 118 Å². The van der Waals surface area contributed by atoms with Crippen LogP contribution in [-0.2, 0) is 13.1 Å². The van der Waals surface area contributed by atoms with E-state index in [1.165, 1.54) is 17.4 Å². The highest BCUT2D eigenvalue weighted by atomic mass is 16.4. The van der Waals surface area contributed by atoms with Crippen molar-refractivity contribution in [3.8, 4) is 0 Å². The number of carbonyl (C=O) groups is 2. The third-order valence-corrected chi connectivity index (χ3v) is 8.18. The van der Waals surface area contributed by atoms with Crippen LogP contribution in [0.25, 0.3) is 0 Å². The number of amides is 2. The molecule has 0 N–H and O–H groups in total. The number of benzene rings is 2. The van der Waals surface area contributed by atoms with Crippen molar-refractivity contribution in [1.29, 1.82) is 0 Å². The van der Waals surface area contributed by atoms with Gasteiger partial charge in [0.15, 0.2) is 11.5 Å². The Hall–Kier alpha value is -4.82. The molecule has 0 unspecified atom stereocenters. The van der Waals surface area contributed by atoms with Gasteiger partial charge < -0.3 is 23.2 Å². The molecule has 226 valence electrons. The second kappa shape index (κ2) is 13.7. The predicted octanol–water partition coefficient (Wildman–Crippen LogP) is 6.32. The lowest BCUT2D eigenvalue weighted by Gasteiger charge is -2.39. The molecule has 1 aliphatic rings. The third-order valence-electron chi connectivity index (χ3n) is 8.18. The first kappa shape index (κ1) is 29.3. The van der Waals surface area contributed by atoms with Crippen LogP contribution >= 0.6 is 0 Å². The summed E-state index contributed by atoms with van der Waals surface area (Å²) in [6.07, 6.45) is 4.32. The molecule has 44 heavy (non-hydrogen) atoms. The Bertz CT molecular complexity index is 1590. The molecule has 0 atom stereocenters. The minimum absolute atomic E-state index is 0.0854. The largest absolute Gasteiger partial charge is 0.459 e. The Morgan fingerprint density at radius 3 is 2.14 bits per heavy atom. The van der Waals surface area contributed by atoms with Crippen LogP contribution in [0.2, 0.25) is 0 Å². The predicted molar refractivity (Wildman–Crippen MR) is 168 cm³/mol.